The van der Waals surface area contributed by atoms with Crippen molar-refractivity contribution in [2.45, 2.75) is 0 Å². The first-order chi connectivity index (χ1) is 9.52. The lowest BCUT2D eigenvalue weighted by molar-refractivity contribution is -0.145. The molecule has 0 aliphatic carbocycles. The largest absolute Gasteiger partial charge is 0.628 e. The normalized spacial score (nSPS) is 17.6. The summed E-state index contributed by atoms with van der Waals surface area (Å²) in [4.78, 5) is 24.6. The summed E-state index contributed by atoms with van der Waals surface area (Å²) in [5, 5.41) is 0. The van der Waals surface area contributed by atoms with Gasteiger partial charge in [-0.1, -0.05) is 34.1 Å². The molecule has 7 heteroatoms. The van der Waals surface area contributed by atoms with Crippen molar-refractivity contribution in [3.05, 3.63) is 40.3 Å². The fourth-order valence-corrected chi connectivity index (χ4v) is 2.15. The SMILES string of the molecule is CN1CC(=O)OB(/C=C/c2cccc(Br)c2)OC(=O)C1. The van der Waals surface area contributed by atoms with E-state index in [4.69, 9.17) is 9.31 Å². The summed E-state index contributed by atoms with van der Waals surface area (Å²) in [6.45, 7) is 0.132. The van der Waals surface area contributed by atoms with Gasteiger partial charge in [-0.05, 0) is 30.7 Å². The zero-order valence-electron chi connectivity index (χ0n) is 10.9. The van der Waals surface area contributed by atoms with E-state index in [0.29, 0.717) is 0 Å². The van der Waals surface area contributed by atoms with Crippen LogP contribution in [0.1, 0.15) is 5.56 Å². The lowest BCUT2D eigenvalue weighted by atomic mass is 9.88. The molecule has 1 aliphatic heterocycles. The Balaban J connectivity index is 2.06. The summed E-state index contributed by atoms with van der Waals surface area (Å²) >= 11 is 3.37. The van der Waals surface area contributed by atoms with Crippen molar-refractivity contribution in [3.8, 4) is 0 Å². The van der Waals surface area contributed by atoms with E-state index in [2.05, 4.69) is 15.9 Å². The van der Waals surface area contributed by atoms with Crippen molar-refractivity contribution in [3.63, 3.8) is 0 Å². The number of halogens is 1. The quantitative estimate of drug-likeness (QED) is 0.766. The van der Waals surface area contributed by atoms with Gasteiger partial charge in [0.1, 0.15) is 0 Å². The first-order valence-corrected chi connectivity index (χ1v) is 6.83. The van der Waals surface area contributed by atoms with Crippen molar-refractivity contribution in [1.82, 2.24) is 4.90 Å². The number of benzene rings is 1. The van der Waals surface area contributed by atoms with Crippen LogP contribution in [0, 0.1) is 0 Å². The zero-order chi connectivity index (χ0) is 14.5. The Labute approximate surface area is 125 Å². The number of hydrogen-bond donors (Lipinski definition) is 0. The maximum Gasteiger partial charge on any atom is 0.628 e. The first kappa shape index (κ1) is 14.8. The molecule has 1 aromatic rings. The molecule has 0 bridgehead atoms. The molecule has 1 saturated heterocycles. The third-order valence-electron chi connectivity index (χ3n) is 2.59. The molecule has 0 aromatic heterocycles. The zero-order valence-corrected chi connectivity index (χ0v) is 12.5. The van der Waals surface area contributed by atoms with Crippen LogP contribution in [-0.4, -0.2) is 44.1 Å². The van der Waals surface area contributed by atoms with Gasteiger partial charge in [0.2, 0.25) is 0 Å². The monoisotopic (exact) mass is 337 g/mol. The topological polar surface area (TPSA) is 55.8 Å². The molecular formula is C13H13BBrNO4. The molecule has 1 aliphatic rings. The fourth-order valence-electron chi connectivity index (χ4n) is 1.73. The van der Waals surface area contributed by atoms with E-state index in [1.807, 2.05) is 24.3 Å². The highest BCUT2D eigenvalue weighted by Gasteiger charge is 2.29. The van der Waals surface area contributed by atoms with Crippen LogP contribution in [-0.2, 0) is 18.9 Å². The van der Waals surface area contributed by atoms with Gasteiger partial charge in [0, 0.05) is 4.47 Å². The Morgan fingerprint density at radius 2 is 1.90 bits per heavy atom. The predicted molar refractivity (Wildman–Crippen MR) is 78.6 cm³/mol. The Hall–Kier alpha value is -1.60. The van der Waals surface area contributed by atoms with Gasteiger partial charge < -0.3 is 9.31 Å². The van der Waals surface area contributed by atoms with Gasteiger partial charge in [-0.25, -0.2) is 0 Å². The van der Waals surface area contributed by atoms with Gasteiger partial charge in [-0.15, -0.1) is 0 Å². The summed E-state index contributed by atoms with van der Waals surface area (Å²) < 4.78 is 11.1. The summed E-state index contributed by atoms with van der Waals surface area (Å²) in [6, 6.07) is 7.58. The van der Waals surface area contributed by atoms with Gasteiger partial charge in [0.25, 0.3) is 0 Å². The second-order valence-corrected chi connectivity index (χ2v) is 5.35. The van der Waals surface area contributed by atoms with Crippen LogP contribution >= 0.6 is 15.9 Å². The maximum absolute atomic E-state index is 11.5. The fraction of sp³-hybridized carbons (Fsp3) is 0.231. The molecular weight excluding hydrogens is 325 g/mol. The molecule has 0 unspecified atom stereocenters. The maximum atomic E-state index is 11.5. The van der Waals surface area contributed by atoms with Crippen LogP contribution in [0.4, 0.5) is 0 Å². The second-order valence-electron chi connectivity index (χ2n) is 4.43. The van der Waals surface area contributed by atoms with E-state index in [-0.39, 0.29) is 13.1 Å². The summed E-state index contributed by atoms with van der Waals surface area (Å²) in [7, 11) is 0.669. The molecule has 20 heavy (non-hydrogen) atoms. The molecule has 0 spiro atoms. The molecule has 2 rings (SSSR count). The molecule has 1 heterocycles. The van der Waals surface area contributed by atoms with E-state index in [1.165, 1.54) is 0 Å². The minimum atomic E-state index is -0.984. The third kappa shape index (κ3) is 4.50. The van der Waals surface area contributed by atoms with E-state index < -0.39 is 19.1 Å². The summed E-state index contributed by atoms with van der Waals surface area (Å²) in [6.07, 6.45) is 1.74. The van der Waals surface area contributed by atoms with Crippen LogP contribution in [0.15, 0.2) is 34.7 Å². The lowest BCUT2D eigenvalue weighted by Gasteiger charge is -2.21. The van der Waals surface area contributed by atoms with Crippen molar-refractivity contribution in [1.29, 1.82) is 0 Å². The predicted octanol–water partition coefficient (Wildman–Crippen LogP) is 1.52. The molecule has 5 nitrogen and oxygen atoms in total. The standard InChI is InChI=1S/C13H13BBrNO4/c1-16-8-12(17)19-14(20-13(18)9-16)6-5-10-3-2-4-11(15)7-10/h2-7H,8-9H2,1H3/b6-5+. The smallest absolute Gasteiger partial charge is 0.495 e. The molecule has 1 fully saturated rings. The molecule has 0 atom stereocenters. The second kappa shape index (κ2) is 6.72. The Morgan fingerprint density at radius 3 is 2.50 bits per heavy atom. The molecule has 0 saturated carbocycles. The summed E-state index contributed by atoms with van der Waals surface area (Å²) in [5.41, 5.74) is 0.908. The molecule has 1 aromatic carbocycles. The van der Waals surface area contributed by atoms with Crippen molar-refractivity contribution in [2.24, 2.45) is 0 Å². The van der Waals surface area contributed by atoms with Gasteiger partial charge in [0.15, 0.2) is 0 Å². The van der Waals surface area contributed by atoms with Gasteiger partial charge in [-0.3, -0.25) is 14.5 Å². The number of likely N-dealkylation sites (N-methyl/N-ethyl adjacent to an activating group) is 1. The Kier molecular flexibility index (Phi) is 4.97. The highest BCUT2D eigenvalue weighted by atomic mass is 79.9. The average molecular weight is 338 g/mol. The minimum absolute atomic E-state index is 0.0658. The number of carbonyl (C=O) groups is 2. The molecule has 0 N–H and O–H groups in total. The number of rotatable bonds is 2. The van der Waals surface area contributed by atoms with Crippen LogP contribution in [0.3, 0.4) is 0 Å². The number of nitrogens with zero attached hydrogens (tertiary/aromatic N) is 1. The van der Waals surface area contributed by atoms with Crippen molar-refractivity contribution < 1.29 is 18.9 Å². The molecule has 0 radical (unpaired) electrons. The van der Waals surface area contributed by atoms with Crippen LogP contribution < -0.4 is 0 Å². The van der Waals surface area contributed by atoms with Crippen molar-refractivity contribution in [2.75, 3.05) is 20.1 Å². The van der Waals surface area contributed by atoms with Crippen LogP contribution in [0.5, 0.6) is 0 Å². The first-order valence-electron chi connectivity index (χ1n) is 6.04. The van der Waals surface area contributed by atoms with E-state index >= 15 is 0 Å². The van der Waals surface area contributed by atoms with Gasteiger partial charge in [-0.2, -0.15) is 0 Å². The molecule has 104 valence electrons. The van der Waals surface area contributed by atoms with E-state index in [1.54, 1.807) is 24.0 Å². The van der Waals surface area contributed by atoms with Gasteiger partial charge >= 0.3 is 19.1 Å². The highest BCUT2D eigenvalue weighted by Crippen LogP contribution is 2.13. The lowest BCUT2D eigenvalue weighted by Crippen LogP contribution is -2.41. The third-order valence-corrected chi connectivity index (χ3v) is 3.08. The minimum Gasteiger partial charge on any atom is -0.495 e. The Morgan fingerprint density at radius 1 is 1.25 bits per heavy atom. The van der Waals surface area contributed by atoms with Crippen LogP contribution in [0.2, 0.25) is 0 Å². The Bertz CT molecular complexity index is 529. The number of carbonyl (C=O) groups excluding carboxylic acids is 2. The number of hydrogen-bond acceptors (Lipinski definition) is 5. The van der Waals surface area contributed by atoms with Crippen LogP contribution in [0.25, 0.3) is 6.08 Å². The molecule has 0 amide bonds. The summed E-state index contributed by atoms with van der Waals surface area (Å²) in [5.74, 6) is 0.691. The van der Waals surface area contributed by atoms with Gasteiger partial charge in [0.05, 0.1) is 13.1 Å². The van der Waals surface area contributed by atoms with Crippen molar-refractivity contribution >= 4 is 41.1 Å². The average Bonchev–Trinajstić information content (AvgIpc) is 2.34. The highest BCUT2D eigenvalue weighted by molar-refractivity contribution is 9.10. The van der Waals surface area contributed by atoms with E-state index in [0.717, 1.165) is 10.0 Å². The van der Waals surface area contributed by atoms with E-state index in [9.17, 15) is 9.59 Å².